The number of nitro groups is 1. The van der Waals surface area contributed by atoms with Gasteiger partial charge in [0.2, 0.25) is 0 Å². The van der Waals surface area contributed by atoms with Crippen molar-refractivity contribution in [3.05, 3.63) is 88.5 Å². The highest BCUT2D eigenvalue weighted by Gasteiger charge is 2.15. The summed E-state index contributed by atoms with van der Waals surface area (Å²) in [7, 11) is 0. The number of benzene rings is 3. The molecule has 1 aromatic heterocycles. The van der Waals surface area contributed by atoms with Crippen LogP contribution in [0.3, 0.4) is 0 Å². The van der Waals surface area contributed by atoms with Gasteiger partial charge in [-0.15, -0.1) is 0 Å². The lowest BCUT2D eigenvalue weighted by atomic mass is 10.1. The maximum Gasteiger partial charge on any atom is 0.294 e. The molecule has 4 aromatic rings. The second-order valence-corrected chi connectivity index (χ2v) is 6.30. The Bertz CT molecular complexity index is 1160. The molecule has 0 spiro atoms. The van der Waals surface area contributed by atoms with Crippen molar-refractivity contribution in [2.75, 3.05) is 10.9 Å². The highest BCUT2D eigenvalue weighted by atomic mass is 16.6. The lowest BCUT2D eigenvalue weighted by Crippen LogP contribution is -2.13. The van der Waals surface area contributed by atoms with E-state index in [0.29, 0.717) is 17.2 Å². The largest absolute Gasteiger partial charge is 0.294 e. The van der Waals surface area contributed by atoms with Crippen molar-refractivity contribution in [2.45, 2.75) is 6.92 Å². The number of fused-ring (bicyclic) bond motifs is 1. The number of para-hydroxylation sites is 2. The molecule has 0 bridgehead atoms. The van der Waals surface area contributed by atoms with E-state index in [4.69, 9.17) is 9.97 Å². The minimum absolute atomic E-state index is 0.0270. The van der Waals surface area contributed by atoms with Crippen LogP contribution >= 0.6 is 0 Å². The van der Waals surface area contributed by atoms with Crippen LogP contribution in [0.4, 0.5) is 17.2 Å². The quantitative estimate of drug-likeness (QED) is 0.381. The first-order valence-electron chi connectivity index (χ1n) is 8.71. The summed E-state index contributed by atoms with van der Waals surface area (Å²) in [6.07, 6.45) is 0. The normalized spacial score (nSPS) is 10.6. The fourth-order valence-corrected chi connectivity index (χ4v) is 2.91. The molecule has 0 saturated heterocycles. The summed E-state index contributed by atoms with van der Waals surface area (Å²) in [6.45, 7) is 1.99. The first kappa shape index (κ1) is 17.4. The minimum Gasteiger partial charge on any atom is -0.293 e. The molecule has 138 valence electrons. The lowest BCUT2D eigenvalue weighted by Gasteiger charge is -2.14. The molecule has 2 N–H and O–H groups in total. The molecule has 7 heteroatoms. The van der Waals surface area contributed by atoms with Gasteiger partial charge < -0.3 is 0 Å². The molecule has 4 rings (SSSR count). The van der Waals surface area contributed by atoms with E-state index in [1.54, 1.807) is 18.2 Å². The molecular weight excluding hydrogens is 354 g/mol. The van der Waals surface area contributed by atoms with Crippen LogP contribution in [-0.2, 0) is 0 Å². The van der Waals surface area contributed by atoms with E-state index >= 15 is 0 Å². The maximum atomic E-state index is 11.2. The monoisotopic (exact) mass is 371 g/mol. The maximum absolute atomic E-state index is 11.2. The van der Waals surface area contributed by atoms with Crippen molar-refractivity contribution in [1.29, 1.82) is 0 Å². The molecule has 0 aliphatic rings. The van der Waals surface area contributed by atoms with E-state index in [9.17, 15) is 10.1 Å². The summed E-state index contributed by atoms with van der Waals surface area (Å²) in [5.74, 6) is 0.488. The van der Waals surface area contributed by atoms with Gasteiger partial charge in [0.1, 0.15) is 11.4 Å². The van der Waals surface area contributed by atoms with E-state index in [1.165, 1.54) is 6.07 Å². The topological polar surface area (TPSA) is 93.0 Å². The van der Waals surface area contributed by atoms with Gasteiger partial charge in [0.25, 0.3) is 5.69 Å². The number of nitrogens with one attached hydrogen (secondary N) is 2. The molecule has 0 saturated carbocycles. The Kier molecular flexibility index (Phi) is 4.55. The predicted octanol–water partition coefficient (Wildman–Crippen LogP) is 4.95. The van der Waals surface area contributed by atoms with Gasteiger partial charge in [0.05, 0.1) is 16.0 Å². The fraction of sp³-hybridized carbons (Fsp3) is 0.0476. The third-order valence-corrected chi connectivity index (χ3v) is 4.28. The Morgan fingerprint density at radius 3 is 2.39 bits per heavy atom. The van der Waals surface area contributed by atoms with Crippen LogP contribution in [0.2, 0.25) is 0 Å². The summed E-state index contributed by atoms with van der Waals surface area (Å²) >= 11 is 0. The fourth-order valence-electron chi connectivity index (χ4n) is 2.91. The average Bonchev–Trinajstić information content (AvgIpc) is 2.72. The van der Waals surface area contributed by atoms with Gasteiger partial charge in [-0.3, -0.25) is 21.0 Å². The summed E-state index contributed by atoms with van der Waals surface area (Å²) < 4.78 is 0. The molecule has 0 amide bonds. The second kappa shape index (κ2) is 7.32. The highest BCUT2D eigenvalue weighted by molar-refractivity contribution is 5.84. The van der Waals surface area contributed by atoms with Crippen LogP contribution in [0.1, 0.15) is 5.56 Å². The van der Waals surface area contributed by atoms with Crippen LogP contribution in [0.15, 0.2) is 72.8 Å². The number of rotatable bonds is 5. The van der Waals surface area contributed by atoms with Gasteiger partial charge >= 0.3 is 0 Å². The molecule has 28 heavy (non-hydrogen) atoms. The Hall–Kier alpha value is -4.00. The SMILES string of the molecule is Cc1ccc2nc(-c3ccccc3)c(NNc3ccccc3[N+](=O)[O-])nc2c1. The van der Waals surface area contributed by atoms with Gasteiger partial charge in [-0.2, -0.15) is 0 Å². The number of aromatic nitrogens is 2. The average molecular weight is 371 g/mol. The van der Waals surface area contributed by atoms with E-state index in [2.05, 4.69) is 10.9 Å². The molecule has 0 aliphatic carbocycles. The summed E-state index contributed by atoms with van der Waals surface area (Å²) in [4.78, 5) is 20.3. The lowest BCUT2D eigenvalue weighted by molar-refractivity contribution is -0.383. The first-order chi connectivity index (χ1) is 13.6. The second-order valence-electron chi connectivity index (χ2n) is 6.30. The smallest absolute Gasteiger partial charge is 0.293 e. The molecule has 1 heterocycles. The van der Waals surface area contributed by atoms with Crippen LogP contribution in [-0.4, -0.2) is 14.9 Å². The van der Waals surface area contributed by atoms with Gasteiger partial charge in [-0.05, 0) is 30.7 Å². The van der Waals surface area contributed by atoms with Crippen molar-refractivity contribution in [3.8, 4) is 11.3 Å². The van der Waals surface area contributed by atoms with E-state index < -0.39 is 4.92 Å². The van der Waals surface area contributed by atoms with E-state index in [1.807, 2.05) is 55.5 Å². The molecule has 0 atom stereocenters. The Balaban J connectivity index is 1.77. The summed E-state index contributed by atoms with van der Waals surface area (Å²) in [5.41, 5.74) is 10.4. The molecule has 3 aromatic carbocycles. The molecule has 0 radical (unpaired) electrons. The molecule has 7 nitrogen and oxygen atoms in total. The number of aryl methyl sites for hydroxylation is 1. The number of anilines is 2. The number of nitro benzene ring substituents is 1. The van der Waals surface area contributed by atoms with Gasteiger partial charge in [-0.25, -0.2) is 9.97 Å². The van der Waals surface area contributed by atoms with Gasteiger partial charge in [0, 0.05) is 11.6 Å². The first-order valence-corrected chi connectivity index (χ1v) is 8.71. The highest BCUT2D eigenvalue weighted by Crippen LogP contribution is 2.29. The zero-order chi connectivity index (χ0) is 19.5. The summed E-state index contributed by atoms with van der Waals surface area (Å²) in [5, 5.41) is 11.2. The Labute approximate surface area is 161 Å². The third-order valence-electron chi connectivity index (χ3n) is 4.28. The van der Waals surface area contributed by atoms with Crippen molar-refractivity contribution in [1.82, 2.24) is 9.97 Å². The van der Waals surface area contributed by atoms with Crippen molar-refractivity contribution in [2.24, 2.45) is 0 Å². The number of nitrogens with zero attached hydrogens (tertiary/aromatic N) is 3. The van der Waals surface area contributed by atoms with E-state index in [-0.39, 0.29) is 5.69 Å². The molecule has 0 unspecified atom stereocenters. The number of hydrogen-bond acceptors (Lipinski definition) is 6. The molecule has 0 aliphatic heterocycles. The standard InChI is InChI=1S/C21H17N5O2/c1-14-11-12-16-18(13-14)23-21(20(22-16)15-7-3-2-4-8-15)25-24-17-9-5-6-10-19(17)26(27)28/h2-13,24H,1H3,(H,23,25). The third kappa shape index (κ3) is 3.45. The van der Waals surface area contributed by atoms with Crippen LogP contribution in [0.5, 0.6) is 0 Å². The summed E-state index contributed by atoms with van der Waals surface area (Å²) in [6, 6.07) is 22.0. The van der Waals surface area contributed by atoms with E-state index in [0.717, 1.165) is 22.2 Å². The predicted molar refractivity (Wildman–Crippen MR) is 110 cm³/mol. The molecule has 0 fully saturated rings. The van der Waals surface area contributed by atoms with Crippen molar-refractivity contribution in [3.63, 3.8) is 0 Å². The number of hydrogen-bond donors (Lipinski definition) is 2. The van der Waals surface area contributed by atoms with Gasteiger partial charge in [0.15, 0.2) is 5.82 Å². The number of hydrazine groups is 1. The Morgan fingerprint density at radius 2 is 1.61 bits per heavy atom. The van der Waals surface area contributed by atoms with Crippen LogP contribution in [0.25, 0.3) is 22.3 Å². The van der Waals surface area contributed by atoms with Gasteiger partial charge in [-0.1, -0.05) is 48.5 Å². The van der Waals surface area contributed by atoms with Crippen LogP contribution in [0, 0.1) is 17.0 Å². The van der Waals surface area contributed by atoms with Crippen molar-refractivity contribution < 1.29 is 4.92 Å². The minimum atomic E-state index is -0.433. The zero-order valence-electron chi connectivity index (χ0n) is 15.1. The Morgan fingerprint density at radius 1 is 0.857 bits per heavy atom. The van der Waals surface area contributed by atoms with Crippen molar-refractivity contribution >= 4 is 28.2 Å². The van der Waals surface area contributed by atoms with Crippen LogP contribution < -0.4 is 10.9 Å². The molecular formula is C21H17N5O2. The zero-order valence-corrected chi connectivity index (χ0v) is 15.1.